The molecule has 1 aliphatic rings. The third kappa shape index (κ3) is 9.21. The zero-order valence-corrected chi connectivity index (χ0v) is 18.9. The van der Waals surface area contributed by atoms with Crippen LogP contribution in [0.15, 0.2) is 29.3 Å². The van der Waals surface area contributed by atoms with E-state index >= 15 is 0 Å². The van der Waals surface area contributed by atoms with Gasteiger partial charge >= 0.3 is 0 Å². The van der Waals surface area contributed by atoms with E-state index in [1.807, 2.05) is 0 Å². The Morgan fingerprint density at radius 3 is 2.41 bits per heavy atom. The van der Waals surface area contributed by atoms with E-state index in [9.17, 15) is 4.39 Å². The van der Waals surface area contributed by atoms with Gasteiger partial charge in [-0.15, -0.1) is 24.0 Å². The molecule has 0 spiro atoms. The van der Waals surface area contributed by atoms with Crippen molar-refractivity contribution in [1.29, 1.82) is 0 Å². The summed E-state index contributed by atoms with van der Waals surface area (Å²) in [6.45, 7) is 5.08. The maximum Gasteiger partial charge on any atom is 0.191 e. The van der Waals surface area contributed by atoms with Crippen molar-refractivity contribution in [2.24, 2.45) is 4.99 Å². The molecule has 0 aliphatic carbocycles. The van der Waals surface area contributed by atoms with E-state index in [-0.39, 0.29) is 35.9 Å². The molecule has 1 heterocycles. The maximum atomic E-state index is 13.1. The third-order valence-electron chi connectivity index (χ3n) is 4.85. The Hall–Kier alpha value is -0.930. The second-order valence-corrected chi connectivity index (χ2v) is 6.77. The molecule has 1 fully saturated rings. The van der Waals surface area contributed by atoms with E-state index in [0.717, 1.165) is 31.0 Å². The normalized spacial score (nSPS) is 16.9. The highest BCUT2D eigenvalue weighted by molar-refractivity contribution is 14.0. The molecule has 0 radical (unpaired) electrons. The van der Waals surface area contributed by atoms with Crippen molar-refractivity contribution in [3.63, 3.8) is 0 Å². The Labute approximate surface area is 180 Å². The molecule has 154 valence electrons. The molecule has 1 atom stereocenters. The number of benzene rings is 1. The summed E-state index contributed by atoms with van der Waals surface area (Å²) in [5, 5.41) is 6.65. The molecule has 1 aromatic carbocycles. The summed E-state index contributed by atoms with van der Waals surface area (Å²) in [6.07, 6.45) is 6.37. The molecule has 0 amide bonds. The number of hydrogen-bond donors (Lipinski definition) is 2. The number of likely N-dealkylation sites (tertiary alicyclic amines) is 1. The molecule has 1 aromatic rings. The van der Waals surface area contributed by atoms with Crippen LogP contribution in [0.2, 0.25) is 0 Å². The van der Waals surface area contributed by atoms with E-state index in [2.05, 4.69) is 20.5 Å². The minimum Gasteiger partial charge on any atom is -0.375 e. The van der Waals surface area contributed by atoms with Crippen molar-refractivity contribution < 1.29 is 9.13 Å². The first kappa shape index (κ1) is 24.1. The number of methoxy groups -OCH3 is 1. The number of nitrogens with one attached hydrogen (secondary N) is 2. The maximum absolute atomic E-state index is 13.1. The van der Waals surface area contributed by atoms with Gasteiger partial charge in [-0.25, -0.2) is 4.39 Å². The smallest absolute Gasteiger partial charge is 0.191 e. The lowest BCUT2D eigenvalue weighted by molar-refractivity contribution is 0.106. The molecule has 2 rings (SSSR count). The van der Waals surface area contributed by atoms with Crippen LogP contribution in [0.4, 0.5) is 4.39 Å². The average molecular weight is 492 g/mol. The Bertz CT molecular complexity index is 533. The number of ether oxygens (including phenoxy) is 1. The summed E-state index contributed by atoms with van der Waals surface area (Å²) in [6, 6.07) is 6.42. The summed E-state index contributed by atoms with van der Waals surface area (Å²) >= 11 is 0. The van der Waals surface area contributed by atoms with Crippen LogP contribution in [0.3, 0.4) is 0 Å². The highest BCUT2D eigenvalue weighted by atomic mass is 127. The summed E-state index contributed by atoms with van der Waals surface area (Å²) in [7, 11) is 3.43. The molecule has 1 aliphatic heterocycles. The molecule has 7 heteroatoms. The quantitative estimate of drug-likeness (QED) is 0.252. The molecule has 0 aromatic heterocycles. The number of guanidine groups is 1. The highest BCUT2D eigenvalue weighted by Crippen LogP contribution is 2.16. The first-order chi connectivity index (χ1) is 12.7. The van der Waals surface area contributed by atoms with Gasteiger partial charge in [-0.05, 0) is 56.6 Å². The standard InChI is InChI=1S/C20H33FN4O.HI/c1-22-20(23-12-7-15-25-13-5-3-4-6-14-25)24-16-19(26-2)17-8-10-18(21)11-9-17;/h8-11,19H,3-7,12-16H2,1-2H3,(H2,22,23,24);1H. The summed E-state index contributed by atoms with van der Waals surface area (Å²) in [5.74, 6) is 0.531. The summed E-state index contributed by atoms with van der Waals surface area (Å²) in [4.78, 5) is 6.84. The molecular weight excluding hydrogens is 458 g/mol. The van der Waals surface area contributed by atoms with E-state index in [4.69, 9.17) is 4.74 Å². The number of rotatable bonds is 8. The Morgan fingerprint density at radius 1 is 1.15 bits per heavy atom. The van der Waals surface area contributed by atoms with Gasteiger partial charge in [0.2, 0.25) is 0 Å². The van der Waals surface area contributed by atoms with Gasteiger partial charge in [-0.3, -0.25) is 4.99 Å². The minimum atomic E-state index is -0.238. The first-order valence-electron chi connectivity index (χ1n) is 9.68. The first-order valence-corrected chi connectivity index (χ1v) is 9.68. The average Bonchev–Trinajstić information content (AvgIpc) is 2.94. The summed E-state index contributed by atoms with van der Waals surface area (Å²) < 4.78 is 18.6. The molecule has 0 saturated carbocycles. The lowest BCUT2D eigenvalue weighted by Crippen LogP contribution is -2.40. The molecular formula is C20H34FIN4O. The Kier molecular flexibility index (Phi) is 12.6. The third-order valence-corrected chi connectivity index (χ3v) is 4.85. The van der Waals surface area contributed by atoms with Gasteiger partial charge in [0.1, 0.15) is 5.82 Å². The molecule has 1 saturated heterocycles. The zero-order chi connectivity index (χ0) is 18.6. The van der Waals surface area contributed by atoms with Gasteiger partial charge in [-0.1, -0.05) is 25.0 Å². The summed E-state index contributed by atoms with van der Waals surface area (Å²) in [5.41, 5.74) is 0.943. The van der Waals surface area contributed by atoms with Crippen molar-refractivity contribution in [2.75, 3.05) is 46.9 Å². The number of hydrogen-bond acceptors (Lipinski definition) is 3. The fourth-order valence-corrected chi connectivity index (χ4v) is 3.29. The van der Waals surface area contributed by atoms with Crippen molar-refractivity contribution in [3.8, 4) is 0 Å². The van der Waals surface area contributed by atoms with Crippen LogP contribution in [0, 0.1) is 5.82 Å². The van der Waals surface area contributed by atoms with Crippen LogP contribution in [0.25, 0.3) is 0 Å². The van der Waals surface area contributed by atoms with Crippen LogP contribution in [0.5, 0.6) is 0 Å². The van der Waals surface area contributed by atoms with Gasteiger partial charge in [0.05, 0.1) is 6.10 Å². The molecule has 2 N–H and O–H groups in total. The molecule has 27 heavy (non-hydrogen) atoms. The lowest BCUT2D eigenvalue weighted by atomic mass is 10.1. The number of halogens is 2. The van der Waals surface area contributed by atoms with Gasteiger partial charge < -0.3 is 20.3 Å². The van der Waals surface area contributed by atoms with Crippen LogP contribution in [0.1, 0.15) is 43.8 Å². The lowest BCUT2D eigenvalue weighted by Gasteiger charge is -2.21. The molecule has 5 nitrogen and oxygen atoms in total. The highest BCUT2D eigenvalue weighted by Gasteiger charge is 2.12. The zero-order valence-electron chi connectivity index (χ0n) is 16.5. The van der Waals surface area contributed by atoms with Gasteiger partial charge in [0.15, 0.2) is 5.96 Å². The van der Waals surface area contributed by atoms with E-state index in [1.165, 1.54) is 50.9 Å². The fraction of sp³-hybridized carbons (Fsp3) is 0.650. The van der Waals surface area contributed by atoms with Crippen molar-refractivity contribution in [3.05, 3.63) is 35.6 Å². The van der Waals surface area contributed by atoms with E-state index in [0.29, 0.717) is 6.54 Å². The fourth-order valence-electron chi connectivity index (χ4n) is 3.29. The topological polar surface area (TPSA) is 48.9 Å². The van der Waals surface area contributed by atoms with Crippen molar-refractivity contribution >= 4 is 29.9 Å². The van der Waals surface area contributed by atoms with Crippen LogP contribution in [-0.4, -0.2) is 57.7 Å². The Morgan fingerprint density at radius 2 is 1.81 bits per heavy atom. The van der Waals surface area contributed by atoms with Gasteiger partial charge in [0.25, 0.3) is 0 Å². The van der Waals surface area contributed by atoms with E-state index < -0.39 is 0 Å². The van der Waals surface area contributed by atoms with E-state index in [1.54, 1.807) is 26.3 Å². The van der Waals surface area contributed by atoms with Crippen LogP contribution < -0.4 is 10.6 Å². The second-order valence-electron chi connectivity index (χ2n) is 6.77. The monoisotopic (exact) mass is 492 g/mol. The second kappa shape index (κ2) is 14.1. The van der Waals surface area contributed by atoms with Gasteiger partial charge in [0, 0.05) is 27.2 Å². The molecule has 1 unspecified atom stereocenters. The number of nitrogens with zero attached hydrogens (tertiary/aromatic N) is 2. The predicted octanol–water partition coefficient (Wildman–Crippen LogP) is 3.56. The SMILES string of the molecule is CN=C(NCCCN1CCCCCC1)NCC(OC)c1ccc(F)cc1.I. The number of aliphatic imine (C=N–C) groups is 1. The minimum absolute atomic E-state index is 0. The molecule has 0 bridgehead atoms. The van der Waals surface area contributed by atoms with Gasteiger partial charge in [-0.2, -0.15) is 0 Å². The Balaban J connectivity index is 0.00000364. The van der Waals surface area contributed by atoms with Crippen molar-refractivity contribution in [1.82, 2.24) is 15.5 Å². The van der Waals surface area contributed by atoms with Crippen molar-refractivity contribution in [2.45, 2.75) is 38.2 Å². The van der Waals surface area contributed by atoms with Crippen LogP contribution >= 0.6 is 24.0 Å². The predicted molar refractivity (Wildman–Crippen MR) is 120 cm³/mol. The largest absolute Gasteiger partial charge is 0.375 e. The van der Waals surface area contributed by atoms with Crippen LogP contribution in [-0.2, 0) is 4.74 Å².